The molecule has 198 valence electrons. The average molecular weight is 516 g/mol. The van der Waals surface area contributed by atoms with Gasteiger partial charge < -0.3 is 25.2 Å². The van der Waals surface area contributed by atoms with Gasteiger partial charge in [-0.2, -0.15) is 5.10 Å². The van der Waals surface area contributed by atoms with Gasteiger partial charge in [-0.1, -0.05) is 6.58 Å². The fourth-order valence-corrected chi connectivity index (χ4v) is 4.79. The molecule has 0 bridgehead atoms. The van der Waals surface area contributed by atoms with Crippen LogP contribution >= 0.6 is 0 Å². The maximum atomic E-state index is 12.3. The normalized spacial score (nSPS) is 14.1. The van der Waals surface area contributed by atoms with Gasteiger partial charge in [-0.3, -0.25) is 9.48 Å². The molecule has 1 aliphatic rings. The Morgan fingerprint density at radius 1 is 1.08 bits per heavy atom. The minimum Gasteiger partial charge on any atom is -0.494 e. The van der Waals surface area contributed by atoms with Crippen molar-refractivity contribution in [3.05, 3.63) is 54.5 Å². The lowest BCUT2D eigenvalue weighted by molar-refractivity contribution is -0.111. The Morgan fingerprint density at radius 2 is 1.84 bits per heavy atom. The van der Waals surface area contributed by atoms with Crippen LogP contribution < -0.4 is 20.3 Å². The Labute approximate surface area is 221 Å². The lowest BCUT2D eigenvalue weighted by atomic mass is 10.1. The summed E-state index contributed by atoms with van der Waals surface area (Å²) in [5.74, 6) is 0.724. The van der Waals surface area contributed by atoms with Gasteiger partial charge in [0.25, 0.3) is 0 Å². The molecule has 2 N–H and O–H groups in total. The first-order valence-corrected chi connectivity index (χ1v) is 12.5. The van der Waals surface area contributed by atoms with Crippen molar-refractivity contribution in [1.82, 2.24) is 29.3 Å². The van der Waals surface area contributed by atoms with Crippen LogP contribution in [0.4, 0.5) is 23.0 Å². The summed E-state index contributed by atoms with van der Waals surface area (Å²) in [5, 5.41) is 15.5. The van der Waals surface area contributed by atoms with Crippen LogP contribution in [0.3, 0.4) is 0 Å². The number of rotatable bonds is 7. The summed E-state index contributed by atoms with van der Waals surface area (Å²) in [5.41, 5.74) is 7.02. The van der Waals surface area contributed by atoms with Crippen LogP contribution in [-0.4, -0.2) is 75.5 Å². The van der Waals surface area contributed by atoms with Gasteiger partial charge in [-0.05, 0) is 44.7 Å². The van der Waals surface area contributed by atoms with E-state index in [0.29, 0.717) is 23.1 Å². The molecule has 0 radical (unpaired) electrons. The molecule has 3 aromatic heterocycles. The van der Waals surface area contributed by atoms with Gasteiger partial charge in [-0.15, -0.1) is 5.10 Å². The number of nitrogens with one attached hydrogen (secondary N) is 2. The summed E-state index contributed by atoms with van der Waals surface area (Å²) in [4.78, 5) is 21.4. The topological polar surface area (TPSA) is 105 Å². The van der Waals surface area contributed by atoms with Crippen molar-refractivity contribution in [3.63, 3.8) is 0 Å². The molecule has 1 amide bonds. The van der Waals surface area contributed by atoms with Crippen molar-refractivity contribution in [1.29, 1.82) is 0 Å². The molecule has 0 aliphatic carbocycles. The summed E-state index contributed by atoms with van der Waals surface area (Å²) in [6.45, 7) is 11.2. The Morgan fingerprint density at radius 3 is 2.50 bits per heavy atom. The SMILES string of the molecule is C=CC(=O)Nc1cc(Nc2ncc3c(C)cc(-c4cn(C)nc4C)n3n2)c(OC)cc1N1CCN(C)CC1. The second-order valence-corrected chi connectivity index (χ2v) is 9.57. The zero-order valence-electron chi connectivity index (χ0n) is 22.4. The van der Waals surface area contributed by atoms with E-state index >= 15 is 0 Å². The van der Waals surface area contributed by atoms with Crippen molar-refractivity contribution >= 4 is 34.4 Å². The number of anilines is 4. The van der Waals surface area contributed by atoms with Gasteiger partial charge in [0, 0.05) is 51.1 Å². The first-order valence-electron chi connectivity index (χ1n) is 12.5. The number of likely N-dealkylation sites (N-methyl/N-ethyl adjacent to an activating group) is 1. The summed E-state index contributed by atoms with van der Waals surface area (Å²) in [7, 11) is 5.64. The summed E-state index contributed by atoms with van der Waals surface area (Å²) in [6, 6.07) is 5.88. The lowest BCUT2D eigenvalue weighted by Gasteiger charge is -2.35. The summed E-state index contributed by atoms with van der Waals surface area (Å²) >= 11 is 0. The molecule has 4 heterocycles. The fourth-order valence-electron chi connectivity index (χ4n) is 4.79. The molecule has 0 atom stereocenters. The molecule has 38 heavy (non-hydrogen) atoms. The van der Waals surface area contributed by atoms with E-state index < -0.39 is 0 Å². The number of ether oxygens (including phenoxy) is 1. The minimum absolute atomic E-state index is 0.284. The van der Waals surface area contributed by atoms with Gasteiger partial charge in [0.05, 0.1) is 47.3 Å². The Bertz CT molecular complexity index is 1510. The van der Waals surface area contributed by atoms with Crippen LogP contribution in [-0.2, 0) is 11.8 Å². The molecule has 11 nitrogen and oxygen atoms in total. The monoisotopic (exact) mass is 515 g/mol. The predicted octanol–water partition coefficient (Wildman–Crippen LogP) is 3.38. The first kappa shape index (κ1) is 25.3. The molecule has 1 aliphatic heterocycles. The van der Waals surface area contributed by atoms with Gasteiger partial charge in [0.1, 0.15) is 5.75 Å². The molecular formula is C27H33N9O2. The van der Waals surface area contributed by atoms with E-state index in [1.165, 1.54) is 6.08 Å². The number of carbonyl (C=O) groups excluding carboxylic acids is 1. The predicted molar refractivity (Wildman–Crippen MR) is 149 cm³/mol. The van der Waals surface area contributed by atoms with E-state index in [1.54, 1.807) is 18.0 Å². The quantitative estimate of drug-likeness (QED) is 0.361. The van der Waals surface area contributed by atoms with Crippen molar-refractivity contribution in [3.8, 4) is 17.0 Å². The molecule has 11 heteroatoms. The van der Waals surface area contributed by atoms with Crippen molar-refractivity contribution in [2.24, 2.45) is 7.05 Å². The zero-order valence-corrected chi connectivity index (χ0v) is 22.4. The lowest BCUT2D eigenvalue weighted by Crippen LogP contribution is -2.44. The Balaban J connectivity index is 1.55. The maximum absolute atomic E-state index is 12.3. The highest BCUT2D eigenvalue weighted by atomic mass is 16.5. The molecular weight excluding hydrogens is 482 g/mol. The number of piperazine rings is 1. The molecule has 1 saturated heterocycles. The number of nitrogens with zero attached hydrogens (tertiary/aromatic N) is 7. The van der Waals surface area contributed by atoms with Crippen molar-refractivity contribution in [2.45, 2.75) is 13.8 Å². The second kappa shape index (κ2) is 10.2. The highest BCUT2D eigenvalue weighted by molar-refractivity contribution is 6.02. The van der Waals surface area contributed by atoms with E-state index in [9.17, 15) is 4.79 Å². The largest absolute Gasteiger partial charge is 0.494 e. The second-order valence-electron chi connectivity index (χ2n) is 9.57. The van der Waals surface area contributed by atoms with Crippen LogP contribution in [0.1, 0.15) is 11.3 Å². The van der Waals surface area contributed by atoms with Gasteiger partial charge in [0.2, 0.25) is 11.9 Å². The van der Waals surface area contributed by atoms with Crippen molar-refractivity contribution in [2.75, 3.05) is 55.9 Å². The van der Waals surface area contributed by atoms with Crippen molar-refractivity contribution < 1.29 is 9.53 Å². The van der Waals surface area contributed by atoms with Crippen LogP contribution in [0.2, 0.25) is 0 Å². The van der Waals surface area contributed by atoms with E-state index in [-0.39, 0.29) is 5.91 Å². The number of aromatic nitrogens is 5. The average Bonchev–Trinajstić information content (AvgIpc) is 3.41. The molecule has 0 spiro atoms. The summed E-state index contributed by atoms with van der Waals surface area (Å²) in [6.07, 6.45) is 5.05. The zero-order chi connectivity index (χ0) is 27.0. The van der Waals surface area contributed by atoms with Crippen LogP contribution in [0, 0.1) is 13.8 Å². The van der Waals surface area contributed by atoms with Crippen LogP contribution in [0.15, 0.2) is 43.2 Å². The number of hydrogen-bond donors (Lipinski definition) is 2. The van der Waals surface area contributed by atoms with Crippen LogP contribution in [0.5, 0.6) is 5.75 Å². The Kier molecular flexibility index (Phi) is 6.77. The van der Waals surface area contributed by atoms with Gasteiger partial charge >= 0.3 is 0 Å². The maximum Gasteiger partial charge on any atom is 0.247 e. The number of methoxy groups -OCH3 is 1. The van der Waals surface area contributed by atoms with Gasteiger partial charge in [-0.25, -0.2) is 9.50 Å². The number of fused-ring (bicyclic) bond motifs is 1. The van der Waals surface area contributed by atoms with E-state index in [4.69, 9.17) is 9.84 Å². The number of benzene rings is 1. The molecule has 1 aromatic carbocycles. The van der Waals surface area contributed by atoms with E-state index in [1.807, 2.05) is 43.7 Å². The standard InChI is InChI=1S/C27H33N9O2/c1-7-26(37)29-20-13-21(25(38-6)14-23(20)35-10-8-33(4)9-11-35)30-27-28-15-24-17(2)12-22(36(24)32-27)19-16-34(5)31-18(19)3/h7,12-16H,1,8-11H2,2-6H3,(H,29,37)(H,30,32). The fraction of sp³-hybridized carbons (Fsp3) is 0.333. The van der Waals surface area contributed by atoms with Gasteiger partial charge in [0.15, 0.2) is 0 Å². The number of hydrogen-bond acceptors (Lipinski definition) is 8. The molecule has 4 aromatic rings. The first-order chi connectivity index (χ1) is 18.3. The summed E-state index contributed by atoms with van der Waals surface area (Å²) < 4.78 is 9.43. The highest BCUT2D eigenvalue weighted by Crippen LogP contribution is 2.39. The third-order valence-electron chi connectivity index (χ3n) is 6.86. The number of amides is 1. The third kappa shape index (κ3) is 4.80. The minimum atomic E-state index is -0.284. The third-order valence-corrected chi connectivity index (χ3v) is 6.86. The Hall–Kier alpha value is -4.38. The van der Waals surface area contributed by atoms with E-state index in [2.05, 4.69) is 50.2 Å². The number of carbonyl (C=O) groups is 1. The van der Waals surface area contributed by atoms with E-state index in [0.717, 1.165) is 59.9 Å². The number of aryl methyl sites for hydroxylation is 3. The highest BCUT2D eigenvalue weighted by Gasteiger charge is 2.22. The molecule has 1 fully saturated rings. The molecule has 0 saturated carbocycles. The smallest absolute Gasteiger partial charge is 0.247 e. The van der Waals surface area contributed by atoms with Crippen LogP contribution in [0.25, 0.3) is 16.8 Å². The molecule has 0 unspecified atom stereocenters. The molecule has 5 rings (SSSR count).